The molecular formula is C25H23FN4O4. The number of nitrogens with zero attached hydrogens (tertiary/aromatic N) is 4. The van der Waals surface area contributed by atoms with Gasteiger partial charge in [0.25, 0.3) is 11.5 Å². The van der Waals surface area contributed by atoms with E-state index >= 15 is 0 Å². The number of rotatable bonds is 5. The number of carbonyl (C=O) groups excluding carboxylic acids is 2. The van der Waals surface area contributed by atoms with Gasteiger partial charge in [-0.1, -0.05) is 26.0 Å². The van der Waals surface area contributed by atoms with Crippen molar-refractivity contribution >= 4 is 28.6 Å². The van der Waals surface area contributed by atoms with Gasteiger partial charge >= 0.3 is 5.97 Å². The maximum Gasteiger partial charge on any atom is 0.341 e. The molecule has 0 bridgehead atoms. The summed E-state index contributed by atoms with van der Waals surface area (Å²) in [6.07, 6.45) is 1.59. The van der Waals surface area contributed by atoms with Crippen molar-refractivity contribution in [1.82, 2.24) is 14.0 Å². The van der Waals surface area contributed by atoms with Gasteiger partial charge in [-0.2, -0.15) is 4.99 Å². The Morgan fingerprint density at radius 1 is 1.15 bits per heavy atom. The Morgan fingerprint density at radius 2 is 1.94 bits per heavy atom. The lowest BCUT2D eigenvalue weighted by Gasteiger charge is -2.16. The highest BCUT2D eigenvalue weighted by atomic mass is 19.1. The van der Waals surface area contributed by atoms with Crippen molar-refractivity contribution in [2.75, 3.05) is 6.61 Å². The van der Waals surface area contributed by atoms with Crippen LogP contribution in [0.1, 0.15) is 41.5 Å². The van der Waals surface area contributed by atoms with Gasteiger partial charge in [-0.15, -0.1) is 0 Å². The first-order valence-corrected chi connectivity index (χ1v) is 10.9. The highest BCUT2D eigenvalue weighted by molar-refractivity contribution is 5.97. The fourth-order valence-electron chi connectivity index (χ4n) is 3.68. The fourth-order valence-corrected chi connectivity index (χ4v) is 3.68. The van der Waals surface area contributed by atoms with Crippen LogP contribution in [-0.4, -0.2) is 32.4 Å². The Bertz CT molecular complexity index is 1550. The molecule has 0 saturated carbocycles. The standard InChI is InChI=1S/C25H23FN4O4/c1-4-34-25(33)19-13-18-21(27-20-10-5-6-11-29(20)24(18)32)30(14-15(2)3)22(19)28-23(31)16-8-7-9-17(26)12-16/h5-13,15H,4,14H2,1-3H3. The molecule has 8 nitrogen and oxygen atoms in total. The van der Waals surface area contributed by atoms with E-state index in [-0.39, 0.29) is 45.7 Å². The normalized spacial score (nSPS) is 12.0. The van der Waals surface area contributed by atoms with E-state index in [1.807, 2.05) is 13.8 Å². The minimum atomic E-state index is -0.737. The van der Waals surface area contributed by atoms with Crippen LogP contribution in [0.25, 0.3) is 16.7 Å². The monoisotopic (exact) mass is 462 g/mol. The summed E-state index contributed by atoms with van der Waals surface area (Å²) in [5, 5.41) is 0.185. The van der Waals surface area contributed by atoms with Crippen LogP contribution < -0.4 is 11.0 Å². The third-order valence-electron chi connectivity index (χ3n) is 5.11. The molecule has 0 radical (unpaired) electrons. The number of benzene rings is 1. The third-order valence-corrected chi connectivity index (χ3v) is 5.11. The topological polar surface area (TPSA) is 95.0 Å². The van der Waals surface area contributed by atoms with Crippen LogP contribution in [0, 0.1) is 11.7 Å². The molecule has 0 aliphatic carbocycles. The number of carbonyl (C=O) groups is 2. The molecule has 4 aromatic rings. The largest absolute Gasteiger partial charge is 0.462 e. The van der Waals surface area contributed by atoms with E-state index < -0.39 is 17.7 Å². The first-order valence-electron chi connectivity index (χ1n) is 10.9. The van der Waals surface area contributed by atoms with Crippen LogP contribution in [0.4, 0.5) is 4.39 Å². The minimum absolute atomic E-state index is 0.00101. The molecule has 0 N–H and O–H groups in total. The van der Waals surface area contributed by atoms with Crippen molar-refractivity contribution in [3.63, 3.8) is 0 Å². The summed E-state index contributed by atoms with van der Waals surface area (Å²) in [4.78, 5) is 48.0. The lowest BCUT2D eigenvalue weighted by Crippen LogP contribution is -2.33. The number of hydrogen-bond acceptors (Lipinski definition) is 5. The van der Waals surface area contributed by atoms with Gasteiger partial charge in [0.05, 0.1) is 12.0 Å². The molecule has 4 rings (SSSR count). The van der Waals surface area contributed by atoms with Crippen molar-refractivity contribution in [2.24, 2.45) is 10.9 Å². The van der Waals surface area contributed by atoms with Crippen LogP contribution in [0.2, 0.25) is 0 Å². The predicted molar refractivity (Wildman–Crippen MR) is 124 cm³/mol. The average molecular weight is 462 g/mol. The van der Waals surface area contributed by atoms with Crippen LogP contribution in [-0.2, 0) is 11.3 Å². The second kappa shape index (κ2) is 9.38. The summed E-state index contributed by atoms with van der Waals surface area (Å²) in [6.45, 7) is 5.95. The van der Waals surface area contributed by atoms with Gasteiger partial charge in [-0.05, 0) is 49.2 Å². The smallest absolute Gasteiger partial charge is 0.341 e. The molecule has 3 heterocycles. The molecule has 174 valence electrons. The summed E-state index contributed by atoms with van der Waals surface area (Å²) in [5.41, 5.74) is 0.298. The number of amides is 1. The number of esters is 1. The van der Waals surface area contributed by atoms with Crippen LogP contribution in [0.15, 0.2) is 64.5 Å². The van der Waals surface area contributed by atoms with Gasteiger partial charge < -0.3 is 9.30 Å². The Balaban J connectivity index is 2.14. The summed E-state index contributed by atoms with van der Waals surface area (Å²) >= 11 is 0. The SMILES string of the molecule is CCOC(=O)c1cc2c(=O)n3ccccc3nc2n(CC(C)C)c1=NC(=O)c1cccc(F)c1. The molecule has 34 heavy (non-hydrogen) atoms. The fraction of sp³-hybridized carbons (Fsp3) is 0.240. The van der Waals surface area contributed by atoms with E-state index in [4.69, 9.17) is 4.74 Å². The number of hydrogen-bond donors (Lipinski definition) is 0. The zero-order valence-electron chi connectivity index (χ0n) is 19.0. The molecule has 0 aliphatic rings. The summed E-state index contributed by atoms with van der Waals surface area (Å²) in [7, 11) is 0. The number of pyridine rings is 2. The molecule has 9 heteroatoms. The average Bonchev–Trinajstić information content (AvgIpc) is 2.80. The molecule has 0 atom stereocenters. The van der Waals surface area contributed by atoms with Crippen molar-refractivity contribution in [3.05, 3.63) is 87.5 Å². The second-order valence-corrected chi connectivity index (χ2v) is 8.12. The van der Waals surface area contributed by atoms with Gasteiger partial charge in [-0.25, -0.2) is 14.2 Å². The van der Waals surface area contributed by atoms with Gasteiger partial charge in [0.15, 0.2) is 5.49 Å². The van der Waals surface area contributed by atoms with E-state index in [1.165, 1.54) is 28.7 Å². The lowest BCUT2D eigenvalue weighted by atomic mass is 10.1. The lowest BCUT2D eigenvalue weighted by molar-refractivity contribution is 0.0523. The second-order valence-electron chi connectivity index (χ2n) is 8.12. The highest BCUT2D eigenvalue weighted by Gasteiger charge is 2.20. The molecule has 0 unspecified atom stereocenters. The van der Waals surface area contributed by atoms with E-state index in [9.17, 15) is 18.8 Å². The molecule has 3 aromatic heterocycles. The van der Waals surface area contributed by atoms with Crippen molar-refractivity contribution < 1.29 is 18.7 Å². The molecule has 0 spiro atoms. The van der Waals surface area contributed by atoms with Crippen molar-refractivity contribution in [2.45, 2.75) is 27.3 Å². The summed E-state index contributed by atoms with van der Waals surface area (Å²) in [6, 6.07) is 11.6. The van der Waals surface area contributed by atoms with Gasteiger partial charge in [-0.3, -0.25) is 14.0 Å². The van der Waals surface area contributed by atoms with Gasteiger partial charge in [0.1, 0.15) is 22.7 Å². The Hall–Kier alpha value is -4.14. The third kappa shape index (κ3) is 4.36. The first kappa shape index (κ1) is 23.0. The molecule has 0 saturated heterocycles. The highest BCUT2D eigenvalue weighted by Crippen LogP contribution is 2.14. The number of ether oxygens (including phenoxy) is 1. The summed E-state index contributed by atoms with van der Waals surface area (Å²) in [5.74, 6) is -1.99. The molecular weight excluding hydrogens is 439 g/mol. The first-order chi connectivity index (χ1) is 16.3. The van der Waals surface area contributed by atoms with Crippen molar-refractivity contribution in [1.29, 1.82) is 0 Å². The van der Waals surface area contributed by atoms with Crippen LogP contribution in [0.5, 0.6) is 0 Å². The zero-order chi connectivity index (χ0) is 24.4. The van der Waals surface area contributed by atoms with E-state index in [0.29, 0.717) is 12.2 Å². The van der Waals surface area contributed by atoms with Gasteiger partial charge in [0.2, 0.25) is 0 Å². The number of fused-ring (bicyclic) bond motifs is 2. The molecule has 1 amide bonds. The predicted octanol–water partition coefficient (Wildman–Crippen LogP) is 3.36. The van der Waals surface area contributed by atoms with Crippen molar-refractivity contribution in [3.8, 4) is 0 Å². The summed E-state index contributed by atoms with van der Waals surface area (Å²) < 4.78 is 21.9. The quantitative estimate of drug-likeness (QED) is 0.335. The van der Waals surface area contributed by atoms with Crippen LogP contribution in [0.3, 0.4) is 0 Å². The van der Waals surface area contributed by atoms with Crippen LogP contribution >= 0.6 is 0 Å². The maximum atomic E-state index is 13.7. The van der Waals surface area contributed by atoms with E-state index in [0.717, 1.165) is 6.07 Å². The molecule has 1 aromatic carbocycles. The van der Waals surface area contributed by atoms with E-state index in [1.54, 1.807) is 35.9 Å². The Labute approximate surface area is 194 Å². The van der Waals surface area contributed by atoms with E-state index in [2.05, 4.69) is 9.98 Å². The molecule has 0 aliphatic heterocycles. The Morgan fingerprint density at radius 3 is 2.65 bits per heavy atom. The minimum Gasteiger partial charge on any atom is -0.462 e. The maximum absolute atomic E-state index is 13.7. The zero-order valence-corrected chi connectivity index (χ0v) is 19.0. The number of aromatic nitrogens is 3. The van der Waals surface area contributed by atoms with Gasteiger partial charge in [0, 0.05) is 18.3 Å². The number of halogens is 1. The molecule has 0 fully saturated rings. The Kier molecular flexibility index (Phi) is 6.36.